The number of likely N-dealkylation sites (tertiary alicyclic amines) is 1. The number of hydrogen-bond donors (Lipinski definition) is 0. The van der Waals surface area contributed by atoms with Gasteiger partial charge < -0.3 is 14.2 Å². The molecular weight excluding hydrogens is 318 g/mol. The number of aryl methyl sites for hydroxylation is 1. The lowest BCUT2D eigenvalue weighted by Crippen LogP contribution is -2.32. The first-order chi connectivity index (χ1) is 12.3. The van der Waals surface area contributed by atoms with Gasteiger partial charge in [0.25, 0.3) is 0 Å². The fourth-order valence-electron chi connectivity index (χ4n) is 3.84. The zero-order chi connectivity index (χ0) is 17.2. The van der Waals surface area contributed by atoms with Crippen molar-refractivity contribution in [1.82, 2.24) is 15.0 Å². The fraction of sp³-hybridized carbons (Fsp3) is 0.526. The first-order valence-electron chi connectivity index (χ1n) is 9.10. The quantitative estimate of drug-likeness (QED) is 0.854. The third-order valence-electron chi connectivity index (χ3n) is 5.16. The van der Waals surface area contributed by atoms with Gasteiger partial charge in [-0.2, -0.15) is 4.98 Å². The van der Waals surface area contributed by atoms with E-state index < -0.39 is 0 Å². The highest BCUT2D eigenvalue weighted by molar-refractivity contribution is 5.78. The van der Waals surface area contributed by atoms with Gasteiger partial charge in [-0.05, 0) is 36.8 Å². The minimum absolute atomic E-state index is 0.0494. The maximum Gasteiger partial charge on any atom is 0.226 e. The predicted octanol–water partition coefficient (Wildman–Crippen LogP) is 3.25. The molecule has 6 heteroatoms. The van der Waals surface area contributed by atoms with Crippen LogP contribution in [0, 0.1) is 0 Å². The average Bonchev–Trinajstić information content (AvgIpc) is 3.31. The highest BCUT2D eigenvalue weighted by atomic mass is 16.5. The van der Waals surface area contributed by atoms with Crippen LogP contribution in [0.25, 0.3) is 0 Å². The van der Waals surface area contributed by atoms with E-state index in [9.17, 15) is 4.79 Å². The Labute approximate surface area is 147 Å². The molecule has 6 nitrogen and oxygen atoms in total. The zero-order valence-corrected chi connectivity index (χ0v) is 14.5. The van der Waals surface area contributed by atoms with Crippen molar-refractivity contribution in [3.05, 3.63) is 41.5 Å². The van der Waals surface area contributed by atoms with Gasteiger partial charge >= 0.3 is 0 Å². The van der Waals surface area contributed by atoms with Crippen molar-refractivity contribution in [1.29, 1.82) is 0 Å². The summed E-state index contributed by atoms with van der Waals surface area (Å²) in [4.78, 5) is 19.3. The molecule has 0 bridgehead atoms. The molecule has 2 unspecified atom stereocenters. The molecule has 1 saturated heterocycles. The summed E-state index contributed by atoms with van der Waals surface area (Å²) in [6.07, 6.45) is 3.99. The molecule has 2 aliphatic heterocycles. The topological polar surface area (TPSA) is 68.5 Å². The molecule has 25 heavy (non-hydrogen) atoms. The molecule has 1 aromatic carbocycles. The lowest BCUT2D eigenvalue weighted by atomic mass is 9.90. The minimum Gasteiger partial charge on any atom is -0.493 e. The number of aromatic nitrogens is 2. The Balaban J connectivity index is 1.49. The molecule has 2 aliphatic rings. The standard InChI is InChI=1S/C19H23N3O3/c1-2-17-20-19(21-25-17)15-7-5-10-22(15)18(23)12-13-9-11-24-16-8-4-3-6-14(13)16/h3-4,6,8,13,15H,2,5,7,9-12H2,1H3. The molecule has 0 aliphatic carbocycles. The van der Waals surface area contributed by atoms with Crippen LogP contribution < -0.4 is 4.74 Å². The first-order valence-corrected chi connectivity index (χ1v) is 9.10. The number of ether oxygens (including phenoxy) is 1. The normalized spacial score (nSPS) is 22.5. The van der Waals surface area contributed by atoms with Crippen LogP contribution in [0.4, 0.5) is 0 Å². The molecule has 1 fully saturated rings. The van der Waals surface area contributed by atoms with Gasteiger partial charge in [0.2, 0.25) is 11.8 Å². The van der Waals surface area contributed by atoms with Gasteiger partial charge in [-0.25, -0.2) is 0 Å². The molecule has 132 valence electrons. The third-order valence-corrected chi connectivity index (χ3v) is 5.16. The highest BCUT2D eigenvalue weighted by Crippen LogP contribution is 2.38. The number of rotatable bonds is 4. The molecule has 1 aromatic heterocycles. The zero-order valence-electron chi connectivity index (χ0n) is 14.5. The SMILES string of the molecule is CCc1nc(C2CCCN2C(=O)CC2CCOc3ccccc32)no1. The van der Waals surface area contributed by atoms with Gasteiger partial charge in [0.1, 0.15) is 5.75 Å². The summed E-state index contributed by atoms with van der Waals surface area (Å²) in [7, 11) is 0. The average molecular weight is 341 g/mol. The van der Waals surface area contributed by atoms with Crippen LogP contribution in [-0.4, -0.2) is 34.1 Å². The fourth-order valence-corrected chi connectivity index (χ4v) is 3.84. The Morgan fingerprint density at radius 3 is 3.04 bits per heavy atom. The highest BCUT2D eigenvalue weighted by Gasteiger charge is 2.35. The van der Waals surface area contributed by atoms with E-state index in [1.54, 1.807) is 0 Å². The molecule has 2 aromatic rings. The van der Waals surface area contributed by atoms with Crippen LogP contribution in [0.15, 0.2) is 28.8 Å². The summed E-state index contributed by atoms with van der Waals surface area (Å²) < 4.78 is 10.9. The molecule has 0 N–H and O–H groups in total. The summed E-state index contributed by atoms with van der Waals surface area (Å²) in [6.45, 7) is 3.42. The Morgan fingerprint density at radius 1 is 1.32 bits per heavy atom. The Hall–Kier alpha value is -2.37. The maximum atomic E-state index is 13.0. The van der Waals surface area contributed by atoms with Gasteiger partial charge in [0.05, 0.1) is 12.6 Å². The van der Waals surface area contributed by atoms with Crippen LogP contribution in [0.1, 0.15) is 61.8 Å². The van der Waals surface area contributed by atoms with Crippen LogP contribution in [0.2, 0.25) is 0 Å². The van der Waals surface area contributed by atoms with E-state index in [-0.39, 0.29) is 17.9 Å². The molecule has 0 radical (unpaired) electrons. The van der Waals surface area contributed by atoms with Crippen molar-refractivity contribution >= 4 is 5.91 Å². The smallest absolute Gasteiger partial charge is 0.226 e. The third kappa shape index (κ3) is 3.13. The second-order valence-electron chi connectivity index (χ2n) is 6.72. The van der Waals surface area contributed by atoms with Gasteiger partial charge in [-0.3, -0.25) is 4.79 Å². The number of carbonyl (C=O) groups is 1. The van der Waals surface area contributed by atoms with E-state index in [1.807, 2.05) is 30.0 Å². The number of para-hydroxylation sites is 1. The van der Waals surface area contributed by atoms with E-state index in [0.29, 0.717) is 31.2 Å². The van der Waals surface area contributed by atoms with Crippen molar-refractivity contribution in [3.63, 3.8) is 0 Å². The second kappa shape index (κ2) is 6.86. The van der Waals surface area contributed by atoms with E-state index in [1.165, 1.54) is 0 Å². The van der Waals surface area contributed by atoms with Crippen LogP contribution in [0.5, 0.6) is 5.75 Å². The molecule has 1 amide bonds. The van der Waals surface area contributed by atoms with E-state index in [4.69, 9.17) is 9.26 Å². The van der Waals surface area contributed by atoms with E-state index in [0.717, 1.165) is 37.1 Å². The van der Waals surface area contributed by atoms with Crippen LogP contribution in [0.3, 0.4) is 0 Å². The summed E-state index contributed by atoms with van der Waals surface area (Å²) in [5.41, 5.74) is 1.14. The van der Waals surface area contributed by atoms with Gasteiger partial charge in [0, 0.05) is 19.4 Å². The lowest BCUT2D eigenvalue weighted by molar-refractivity contribution is -0.132. The van der Waals surface area contributed by atoms with Gasteiger partial charge in [-0.15, -0.1) is 0 Å². The molecule has 0 saturated carbocycles. The van der Waals surface area contributed by atoms with Crippen LogP contribution >= 0.6 is 0 Å². The van der Waals surface area contributed by atoms with Crippen molar-refractivity contribution in [2.45, 2.75) is 51.0 Å². The van der Waals surface area contributed by atoms with Gasteiger partial charge in [-0.1, -0.05) is 30.3 Å². The van der Waals surface area contributed by atoms with E-state index >= 15 is 0 Å². The number of amides is 1. The number of fused-ring (bicyclic) bond motifs is 1. The second-order valence-corrected chi connectivity index (χ2v) is 6.72. The van der Waals surface area contributed by atoms with Crippen molar-refractivity contribution in [2.24, 2.45) is 0 Å². The summed E-state index contributed by atoms with van der Waals surface area (Å²) >= 11 is 0. The first kappa shape index (κ1) is 16.1. The molecule has 4 rings (SSSR count). The number of hydrogen-bond acceptors (Lipinski definition) is 5. The molecular formula is C19H23N3O3. The number of nitrogens with zero attached hydrogens (tertiary/aromatic N) is 3. The van der Waals surface area contributed by atoms with Crippen molar-refractivity contribution < 1.29 is 14.1 Å². The lowest BCUT2D eigenvalue weighted by Gasteiger charge is -2.28. The molecule has 0 spiro atoms. The summed E-state index contributed by atoms with van der Waals surface area (Å²) in [6, 6.07) is 7.99. The molecule has 3 heterocycles. The summed E-state index contributed by atoms with van der Waals surface area (Å²) in [5, 5.41) is 4.08. The predicted molar refractivity (Wildman–Crippen MR) is 91.3 cm³/mol. The van der Waals surface area contributed by atoms with Crippen molar-refractivity contribution in [3.8, 4) is 5.75 Å². The minimum atomic E-state index is -0.0494. The van der Waals surface area contributed by atoms with Crippen LogP contribution in [-0.2, 0) is 11.2 Å². The maximum absolute atomic E-state index is 13.0. The van der Waals surface area contributed by atoms with Gasteiger partial charge in [0.15, 0.2) is 5.82 Å². The monoisotopic (exact) mass is 341 g/mol. The van der Waals surface area contributed by atoms with E-state index in [2.05, 4.69) is 16.2 Å². The number of benzene rings is 1. The Morgan fingerprint density at radius 2 is 2.20 bits per heavy atom. The largest absolute Gasteiger partial charge is 0.493 e. The molecule has 2 atom stereocenters. The Bertz CT molecular complexity index is 758. The Kier molecular flexibility index (Phi) is 4.42. The summed E-state index contributed by atoms with van der Waals surface area (Å²) in [5.74, 6) is 2.58. The number of carbonyl (C=O) groups excluding carboxylic acids is 1. The van der Waals surface area contributed by atoms with Crippen molar-refractivity contribution in [2.75, 3.05) is 13.2 Å².